The Labute approximate surface area is 123 Å². The van der Waals surface area contributed by atoms with Gasteiger partial charge in [-0.3, -0.25) is 0 Å². The van der Waals surface area contributed by atoms with Gasteiger partial charge < -0.3 is 14.3 Å². The zero-order valence-corrected chi connectivity index (χ0v) is 12.8. The number of carbonyl (C=O) groups is 1. The van der Waals surface area contributed by atoms with Crippen molar-refractivity contribution in [1.29, 1.82) is 0 Å². The average molecular weight is 317 g/mol. The van der Waals surface area contributed by atoms with Crippen LogP contribution < -0.4 is 4.72 Å². The van der Waals surface area contributed by atoms with E-state index in [2.05, 4.69) is 4.72 Å². The summed E-state index contributed by atoms with van der Waals surface area (Å²) in [5, 5.41) is 9.17. The number of furan rings is 1. The molecule has 1 saturated heterocycles. The molecule has 2 N–H and O–H groups in total. The van der Waals surface area contributed by atoms with Crippen LogP contribution in [-0.4, -0.2) is 39.3 Å². The number of hydrogen-bond acceptors (Lipinski definition) is 5. The number of carboxylic acid groups (broad SMARTS) is 1. The number of rotatable bonds is 5. The summed E-state index contributed by atoms with van der Waals surface area (Å²) in [6.45, 7) is 4.40. The second-order valence-electron chi connectivity index (χ2n) is 5.13. The van der Waals surface area contributed by atoms with Crippen LogP contribution >= 0.6 is 0 Å². The molecule has 1 aliphatic heterocycles. The fraction of sp³-hybridized carbons (Fsp3) is 0.615. The summed E-state index contributed by atoms with van der Waals surface area (Å²) >= 11 is 0. The van der Waals surface area contributed by atoms with Crippen molar-refractivity contribution in [3.63, 3.8) is 0 Å². The van der Waals surface area contributed by atoms with Gasteiger partial charge in [0.1, 0.15) is 22.0 Å². The molecule has 2 heterocycles. The monoisotopic (exact) mass is 317 g/mol. The Morgan fingerprint density at radius 1 is 1.29 bits per heavy atom. The maximum atomic E-state index is 12.4. The third-order valence-corrected chi connectivity index (χ3v) is 5.17. The molecule has 0 aliphatic carbocycles. The molecule has 1 aromatic heterocycles. The highest BCUT2D eigenvalue weighted by atomic mass is 32.2. The lowest BCUT2D eigenvalue weighted by Crippen LogP contribution is -2.33. The first-order chi connectivity index (χ1) is 9.83. The molecule has 1 fully saturated rings. The van der Waals surface area contributed by atoms with E-state index in [0.29, 0.717) is 13.2 Å². The maximum absolute atomic E-state index is 12.4. The van der Waals surface area contributed by atoms with Crippen LogP contribution in [0.5, 0.6) is 0 Å². The largest absolute Gasteiger partial charge is 0.478 e. The summed E-state index contributed by atoms with van der Waals surface area (Å²) in [7, 11) is -3.91. The summed E-state index contributed by atoms with van der Waals surface area (Å²) in [6, 6.07) is 0. The summed E-state index contributed by atoms with van der Waals surface area (Å²) < 4.78 is 37.6. The third-order valence-electron chi connectivity index (χ3n) is 3.59. The zero-order chi connectivity index (χ0) is 15.6. The molecule has 0 radical (unpaired) electrons. The minimum atomic E-state index is -3.91. The van der Waals surface area contributed by atoms with Gasteiger partial charge in [-0.05, 0) is 32.6 Å². The molecule has 7 nitrogen and oxygen atoms in total. The number of sulfonamides is 1. The molecule has 0 atom stereocenters. The molecule has 2 rings (SSSR count). The van der Waals surface area contributed by atoms with Crippen molar-refractivity contribution in [2.45, 2.75) is 31.6 Å². The molecular weight excluding hydrogens is 298 g/mol. The molecule has 118 valence electrons. The van der Waals surface area contributed by atoms with Crippen LogP contribution in [0.15, 0.2) is 9.31 Å². The number of hydrogen-bond donors (Lipinski definition) is 2. The van der Waals surface area contributed by atoms with E-state index in [1.54, 1.807) is 0 Å². The topological polar surface area (TPSA) is 106 Å². The summed E-state index contributed by atoms with van der Waals surface area (Å²) in [5.74, 6) is -0.929. The van der Waals surface area contributed by atoms with Gasteiger partial charge in [-0.1, -0.05) is 0 Å². The van der Waals surface area contributed by atoms with Crippen molar-refractivity contribution in [2.24, 2.45) is 5.92 Å². The fourth-order valence-corrected chi connectivity index (χ4v) is 4.00. The Hall–Kier alpha value is -1.38. The van der Waals surface area contributed by atoms with Gasteiger partial charge in [0, 0.05) is 19.8 Å². The Balaban J connectivity index is 2.21. The highest BCUT2D eigenvalue weighted by Crippen LogP contribution is 2.26. The van der Waals surface area contributed by atoms with Crippen LogP contribution in [0.2, 0.25) is 0 Å². The number of aryl methyl sites for hydroxylation is 2. The predicted molar refractivity (Wildman–Crippen MR) is 73.9 cm³/mol. The van der Waals surface area contributed by atoms with Crippen LogP contribution in [0, 0.1) is 19.8 Å². The SMILES string of the molecule is Cc1oc(C)c(S(=O)(=O)NCC2CCOCC2)c1C(=O)O. The van der Waals surface area contributed by atoms with Crippen molar-refractivity contribution < 1.29 is 27.5 Å². The number of aromatic carboxylic acids is 1. The summed E-state index contributed by atoms with van der Waals surface area (Å²) in [6.07, 6.45) is 1.58. The van der Waals surface area contributed by atoms with E-state index in [9.17, 15) is 18.3 Å². The first-order valence-electron chi connectivity index (χ1n) is 6.73. The summed E-state index contributed by atoms with van der Waals surface area (Å²) in [5.41, 5.74) is -0.299. The fourth-order valence-electron chi connectivity index (χ4n) is 2.48. The van der Waals surface area contributed by atoms with Gasteiger partial charge in [0.15, 0.2) is 0 Å². The van der Waals surface area contributed by atoms with Crippen molar-refractivity contribution in [3.05, 3.63) is 17.1 Å². The van der Waals surface area contributed by atoms with Crippen LogP contribution in [0.1, 0.15) is 34.7 Å². The molecule has 0 amide bonds. The zero-order valence-electron chi connectivity index (χ0n) is 12.0. The molecule has 1 aliphatic rings. The first kappa shape index (κ1) is 16.0. The maximum Gasteiger partial charge on any atom is 0.340 e. The molecular formula is C13H19NO6S. The van der Waals surface area contributed by atoms with Gasteiger partial charge >= 0.3 is 5.97 Å². The normalized spacial score (nSPS) is 17.0. The van der Waals surface area contributed by atoms with Gasteiger partial charge in [0.05, 0.1) is 0 Å². The Morgan fingerprint density at radius 3 is 2.48 bits per heavy atom. The van der Waals surface area contributed by atoms with Crippen molar-refractivity contribution in [2.75, 3.05) is 19.8 Å². The van der Waals surface area contributed by atoms with E-state index < -0.39 is 16.0 Å². The first-order valence-corrected chi connectivity index (χ1v) is 8.22. The Bertz CT molecular complexity index is 627. The van der Waals surface area contributed by atoms with Crippen LogP contribution in [-0.2, 0) is 14.8 Å². The lowest BCUT2D eigenvalue weighted by atomic mass is 10.0. The van der Waals surface area contributed by atoms with E-state index in [4.69, 9.17) is 9.15 Å². The van der Waals surface area contributed by atoms with Gasteiger partial charge in [-0.2, -0.15) is 0 Å². The molecule has 0 unspecified atom stereocenters. The van der Waals surface area contributed by atoms with Crippen LogP contribution in [0.3, 0.4) is 0 Å². The smallest absolute Gasteiger partial charge is 0.340 e. The van der Waals surface area contributed by atoms with Crippen molar-refractivity contribution >= 4 is 16.0 Å². The Kier molecular flexibility index (Phi) is 4.70. The Morgan fingerprint density at radius 2 is 1.90 bits per heavy atom. The molecule has 1 aromatic rings. The van der Waals surface area contributed by atoms with Crippen molar-refractivity contribution in [1.82, 2.24) is 4.72 Å². The molecule has 0 aromatic carbocycles. The molecule has 0 spiro atoms. The number of nitrogens with one attached hydrogen (secondary N) is 1. The van der Waals surface area contributed by atoms with E-state index in [1.807, 2.05) is 0 Å². The molecule has 0 bridgehead atoms. The second kappa shape index (κ2) is 6.17. The standard InChI is InChI=1S/C13H19NO6S/c1-8-11(13(15)16)12(9(2)20-8)21(17,18)14-7-10-3-5-19-6-4-10/h10,14H,3-7H2,1-2H3,(H,15,16). The number of ether oxygens (including phenoxy) is 1. The van der Waals surface area contributed by atoms with E-state index in [0.717, 1.165) is 12.8 Å². The molecule has 21 heavy (non-hydrogen) atoms. The highest BCUT2D eigenvalue weighted by Gasteiger charge is 2.31. The van der Waals surface area contributed by atoms with Crippen LogP contribution in [0.25, 0.3) is 0 Å². The van der Waals surface area contributed by atoms with Crippen molar-refractivity contribution in [3.8, 4) is 0 Å². The lowest BCUT2D eigenvalue weighted by molar-refractivity contribution is 0.0678. The molecule has 0 saturated carbocycles. The van der Waals surface area contributed by atoms with E-state index >= 15 is 0 Å². The predicted octanol–water partition coefficient (Wildman–Crippen LogP) is 1.30. The summed E-state index contributed by atoms with van der Waals surface area (Å²) in [4.78, 5) is 11.0. The van der Waals surface area contributed by atoms with E-state index in [1.165, 1.54) is 13.8 Å². The minimum absolute atomic E-state index is 0.0874. The second-order valence-corrected chi connectivity index (χ2v) is 6.84. The molecule has 8 heteroatoms. The van der Waals surface area contributed by atoms with Gasteiger partial charge in [-0.15, -0.1) is 0 Å². The quantitative estimate of drug-likeness (QED) is 0.848. The van der Waals surface area contributed by atoms with Crippen LogP contribution in [0.4, 0.5) is 0 Å². The lowest BCUT2D eigenvalue weighted by Gasteiger charge is -2.22. The number of carboxylic acids is 1. The highest BCUT2D eigenvalue weighted by molar-refractivity contribution is 7.89. The third kappa shape index (κ3) is 3.45. The van der Waals surface area contributed by atoms with Gasteiger partial charge in [-0.25, -0.2) is 17.9 Å². The van der Waals surface area contributed by atoms with E-state index in [-0.39, 0.29) is 34.4 Å². The van der Waals surface area contributed by atoms with Gasteiger partial charge in [0.2, 0.25) is 10.0 Å². The average Bonchev–Trinajstić information content (AvgIpc) is 2.73. The van der Waals surface area contributed by atoms with Gasteiger partial charge in [0.25, 0.3) is 0 Å². The minimum Gasteiger partial charge on any atom is -0.478 e.